The number of carbonyl (C=O) groups is 3. The number of aliphatic hydroxyl groups is 1. The molecule has 1 N–H and O–H groups in total. The molecule has 1 aliphatic heterocycles. The lowest BCUT2D eigenvalue weighted by Crippen LogP contribution is -2.50. The zero-order chi connectivity index (χ0) is 31.0. The highest BCUT2D eigenvalue weighted by molar-refractivity contribution is 5.91. The van der Waals surface area contributed by atoms with Crippen molar-refractivity contribution in [2.45, 2.75) is 149 Å². The SMILES string of the molecule is CCCCCCCCCCCCCCCC(=O)OCc1cc(OC)c2c(c1C=O)O[C@](C)(CC(=O)C=C(C)C)[C@@H](O)C2. The number of hydrogen-bond donors (Lipinski definition) is 1. The molecule has 2 atom stereocenters. The third-order valence-corrected chi connectivity index (χ3v) is 8.09. The summed E-state index contributed by atoms with van der Waals surface area (Å²) in [6, 6.07) is 1.66. The smallest absolute Gasteiger partial charge is 0.306 e. The molecule has 7 nitrogen and oxygen atoms in total. The lowest BCUT2D eigenvalue weighted by Gasteiger charge is -2.40. The molecule has 1 heterocycles. The van der Waals surface area contributed by atoms with Crippen molar-refractivity contribution in [1.82, 2.24) is 0 Å². The Morgan fingerprint density at radius 1 is 1.00 bits per heavy atom. The first kappa shape index (κ1) is 35.5. The fraction of sp³-hybridized carbons (Fsp3) is 0.686. The van der Waals surface area contributed by atoms with E-state index in [2.05, 4.69) is 6.92 Å². The molecule has 0 aliphatic carbocycles. The van der Waals surface area contributed by atoms with Gasteiger partial charge < -0.3 is 19.3 Å². The number of ketones is 1. The summed E-state index contributed by atoms with van der Waals surface area (Å²) in [7, 11) is 1.50. The van der Waals surface area contributed by atoms with Crippen LogP contribution >= 0.6 is 0 Å². The van der Waals surface area contributed by atoms with Gasteiger partial charge in [-0.1, -0.05) is 89.5 Å². The Morgan fingerprint density at radius 2 is 1.57 bits per heavy atom. The maximum atomic E-state index is 12.5. The van der Waals surface area contributed by atoms with Gasteiger partial charge in [-0.3, -0.25) is 14.4 Å². The topological polar surface area (TPSA) is 99.1 Å². The van der Waals surface area contributed by atoms with E-state index in [9.17, 15) is 19.5 Å². The second kappa shape index (κ2) is 18.8. The van der Waals surface area contributed by atoms with Crippen molar-refractivity contribution in [3.05, 3.63) is 34.4 Å². The van der Waals surface area contributed by atoms with Crippen LogP contribution in [0, 0.1) is 0 Å². The van der Waals surface area contributed by atoms with E-state index in [-0.39, 0.29) is 42.5 Å². The van der Waals surface area contributed by atoms with Gasteiger partial charge in [0.2, 0.25) is 0 Å². The van der Waals surface area contributed by atoms with Crippen LogP contribution < -0.4 is 9.47 Å². The van der Waals surface area contributed by atoms with Crippen LogP contribution in [0.15, 0.2) is 17.7 Å². The molecule has 0 aromatic heterocycles. The van der Waals surface area contributed by atoms with E-state index >= 15 is 0 Å². The second-order valence-electron chi connectivity index (χ2n) is 12.2. The molecule has 0 radical (unpaired) electrons. The van der Waals surface area contributed by atoms with E-state index in [1.807, 2.05) is 13.8 Å². The zero-order valence-electron chi connectivity index (χ0n) is 26.7. The second-order valence-corrected chi connectivity index (χ2v) is 12.2. The number of esters is 1. The molecule has 0 amide bonds. The van der Waals surface area contributed by atoms with Gasteiger partial charge in [0, 0.05) is 24.0 Å². The van der Waals surface area contributed by atoms with Crippen LogP contribution in [-0.4, -0.2) is 42.0 Å². The summed E-state index contributed by atoms with van der Waals surface area (Å²) >= 11 is 0. The number of allylic oxidation sites excluding steroid dienone is 2. The molecule has 0 saturated carbocycles. The number of benzene rings is 1. The Bertz CT molecular complexity index is 1040. The average molecular weight is 587 g/mol. The van der Waals surface area contributed by atoms with E-state index in [1.165, 1.54) is 77.4 Å². The van der Waals surface area contributed by atoms with Gasteiger partial charge in [-0.25, -0.2) is 0 Å². The fourth-order valence-corrected chi connectivity index (χ4v) is 5.58. The third kappa shape index (κ3) is 11.5. The van der Waals surface area contributed by atoms with Crippen LogP contribution in [-0.2, 0) is 27.4 Å². The molecule has 42 heavy (non-hydrogen) atoms. The van der Waals surface area contributed by atoms with Crippen LogP contribution in [0.3, 0.4) is 0 Å². The Kier molecular flexibility index (Phi) is 15.9. The largest absolute Gasteiger partial charge is 0.496 e. The van der Waals surface area contributed by atoms with E-state index in [4.69, 9.17) is 14.2 Å². The number of rotatable bonds is 21. The number of fused-ring (bicyclic) bond motifs is 1. The standard InChI is InChI=1S/C35H54O7/c1-6-7-8-9-10-11-12-13-14-15-16-17-18-19-33(39)41-25-27-21-31(40-5)29-22-32(38)35(4,23-28(37)20-26(2)3)42-34(29)30(27)24-36/h20-21,24,32,38H,6-19,22-23,25H2,1-5H3/t32-,35+/m0/s1. The number of unbranched alkanes of at least 4 members (excludes halogenated alkanes) is 12. The van der Waals surface area contributed by atoms with Gasteiger partial charge in [0.1, 0.15) is 23.7 Å². The minimum atomic E-state index is -1.22. The van der Waals surface area contributed by atoms with Crippen molar-refractivity contribution in [3.8, 4) is 11.5 Å². The maximum absolute atomic E-state index is 12.5. The lowest BCUT2D eigenvalue weighted by atomic mass is 9.83. The maximum Gasteiger partial charge on any atom is 0.306 e. The van der Waals surface area contributed by atoms with Gasteiger partial charge in [-0.05, 0) is 39.3 Å². The van der Waals surface area contributed by atoms with Crippen molar-refractivity contribution in [3.63, 3.8) is 0 Å². The summed E-state index contributed by atoms with van der Waals surface area (Å²) < 4.78 is 17.3. The lowest BCUT2D eigenvalue weighted by molar-refractivity contribution is -0.145. The monoisotopic (exact) mass is 586 g/mol. The first-order chi connectivity index (χ1) is 20.1. The number of ether oxygens (including phenoxy) is 3. The average Bonchev–Trinajstić information content (AvgIpc) is 2.94. The van der Waals surface area contributed by atoms with Crippen LogP contribution in [0.1, 0.15) is 145 Å². The summed E-state index contributed by atoms with van der Waals surface area (Å²) in [5.41, 5.74) is 0.900. The van der Waals surface area contributed by atoms with Crippen molar-refractivity contribution in [2.75, 3.05) is 7.11 Å². The predicted octanol–water partition coefficient (Wildman–Crippen LogP) is 8.01. The Hall–Kier alpha value is -2.67. The fourth-order valence-electron chi connectivity index (χ4n) is 5.58. The third-order valence-electron chi connectivity index (χ3n) is 8.09. The molecule has 0 fully saturated rings. The first-order valence-corrected chi connectivity index (χ1v) is 16.0. The van der Waals surface area contributed by atoms with Crippen LogP contribution in [0.2, 0.25) is 0 Å². The van der Waals surface area contributed by atoms with Gasteiger partial charge >= 0.3 is 5.97 Å². The van der Waals surface area contributed by atoms with Gasteiger partial charge in [-0.15, -0.1) is 0 Å². The molecule has 0 saturated heterocycles. The highest BCUT2D eigenvalue weighted by Crippen LogP contribution is 2.43. The molecule has 1 aliphatic rings. The van der Waals surface area contributed by atoms with Crippen molar-refractivity contribution >= 4 is 18.0 Å². The molecule has 1 aromatic rings. The summed E-state index contributed by atoms with van der Waals surface area (Å²) in [6.07, 6.45) is 17.8. The number of aldehydes is 1. The predicted molar refractivity (Wildman–Crippen MR) is 166 cm³/mol. The molecule has 0 bridgehead atoms. The van der Waals surface area contributed by atoms with Crippen LogP contribution in [0.5, 0.6) is 11.5 Å². The van der Waals surface area contributed by atoms with Gasteiger partial charge in [0.25, 0.3) is 0 Å². The summed E-state index contributed by atoms with van der Waals surface area (Å²) in [6.45, 7) is 7.49. The molecule has 2 rings (SSSR count). The molecule has 7 heteroatoms. The number of aliphatic hydroxyl groups excluding tert-OH is 1. The zero-order valence-corrected chi connectivity index (χ0v) is 26.7. The number of hydrogen-bond acceptors (Lipinski definition) is 7. The number of carbonyl (C=O) groups excluding carboxylic acids is 3. The molecule has 0 unspecified atom stereocenters. The van der Waals surface area contributed by atoms with Gasteiger partial charge in [0.05, 0.1) is 25.2 Å². The number of methoxy groups -OCH3 is 1. The minimum absolute atomic E-state index is 0.0439. The van der Waals surface area contributed by atoms with E-state index in [0.29, 0.717) is 29.6 Å². The summed E-state index contributed by atoms with van der Waals surface area (Å²) in [4.78, 5) is 37.2. The van der Waals surface area contributed by atoms with Gasteiger partial charge in [-0.2, -0.15) is 0 Å². The van der Waals surface area contributed by atoms with Crippen LogP contribution in [0.25, 0.3) is 0 Å². The summed E-state index contributed by atoms with van der Waals surface area (Å²) in [5.74, 6) is 0.234. The molecule has 236 valence electrons. The molecular weight excluding hydrogens is 532 g/mol. The Labute approximate surface area is 253 Å². The normalized spacial score (nSPS) is 17.6. The molecule has 1 aromatic carbocycles. The molecular formula is C35H54O7. The highest BCUT2D eigenvalue weighted by atomic mass is 16.5. The van der Waals surface area contributed by atoms with E-state index < -0.39 is 11.7 Å². The van der Waals surface area contributed by atoms with E-state index in [1.54, 1.807) is 13.0 Å². The van der Waals surface area contributed by atoms with Crippen molar-refractivity contribution in [1.29, 1.82) is 0 Å². The van der Waals surface area contributed by atoms with E-state index in [0.717, 1.165) is 24.8 Å². The Morgan fingerprint density at radius 3 is 2.10 bits per heavy atom. The molecule has 0 spiro atoms. The minimum Gasteiger partial charge on any atom is -0.496 e. The summed E-state index contributed by atoms with van der Waals surface area (Å²) in [5, 5.41) is 10.9. The first-order valence-electron chi connectivity index (χ1n) is 16.0. The van der Waals surface area contributed by atoms with Crippen molar-refractivity contribution in [2.24, 2.45) is 0 Å². The quantitative estimate of drug-likeness (QED) is 0.0674. The van der Waals surface area contributed by atoms with Crippen molar-refractivity contribution < 1.29 is 33.7 Å². The van der Waals surface area contributed by atoms with Crippen LogP contribution in [0.4, 0.5) is 0 Å². The van der Waals surface area contributed by atoms with Gasteiger partial charge in [0.15, 0.2) is 12.1 Å². The Balaban J connectivity index is 1.85. The highest BCUT2D eigenvalue weighted by Gasteiger charge is 2.43.